The van der Waals surface area contributed by atoms with Gasteiger partial charge in [-0.3, -0.25) is 9.52 Å². The molecule has 0 bridgehead atoms. The highest BCUT2D eigenvalue weighted by atomic mass is 32.2. The van der Waals surface area contributed by atoms with E-state index in [9.17, 15) is 13.2 Å². The van der Waals surface area contributed by atoms with Crippen LogP contribution in [-0.2, 0) is 16.4 Å². The van der Waals surface area contributed by atoms with Crippen LogP contribution in [-0.4, -0.2) is 48.8 Å². The predicted octanol–water partition coefficient (Wildman–Crippen LogP) is 4.73. The zero-order chi connectivity index (χ0) is 28.9. The van der Waals surface area contributed by atoms with Crippen LogP contribution in [0.1, 0.15) is 51.0 Å². The number of nitrogens with one attached hydrogen (secondary N) is 2. The van der Waals surface area contributed by atoms with Crippen molar-refractivity contribution in [2.75, 3.05) is 25.5 Å². The topological polar surface area (TPSA) is 137 Å². The van der Waals surface area contributed by atoms with E-state index in [1.165, 1.54) is 32.4 Å². The van der Waals surface area contributed by atoms with Gasteiger partial charge in [0.1, 0.15) is 11.6 Å². The molecule has 0 aliphatic carbocycles. The number of unbranched alkanes of at least 4 members (excludes halogenated alkanes) is 3. The standard InChI is InChI=1S/C28H35N5O6S/c1-6-8-9-10-11-25-29-18(3)26-28(34)30-27(31-33(25)26)21-17-20(13-15-22(21)39-7-2)40(35,36)32-19-12-14-23(37-4)24(16-19)38-5/h12-17,32H,6-11H2,1-5H3,(H,30,31,34). The summed E-state index contributed by atoms with van der Waals surface area (Å²) >= 11 is 0. The Morgan fingerprint density at radius 2 is 1.73 bits per heavy atom. The van der Waals surface area contributed by atoms with Crippen molar-refractivity contribution in [2.45, 2.75) is 57.8 Å². The monoisotopic (exact) mass is 569 g/mol. The minimum atomic E-state index is -4.04. The second-order valence-corrected chi connectivity index (χ2v) is 10.9. The third kappa shape index (κ3) is 6.06. The van der Waals surface area contributed by atoms with Gasteiger partial charge in [0, 0.05) is 12.5 Å². The average molecular weight is 570 g/mol. The zero-order valence-electron chi connectivity index (χ0n) is 23.4. The number of rotatable bonds is 13. The van der Waals surface area contributed by atoms with Crippen LogP contribution in [0.5, 0.6) is 17.2 Å². The fraction of sp³-hybridized carbons (Fsp3) is 0.393. The number of aromatic amines is 1. The van der Waals surface area contributed by atoms with Gasteiger partial charge in [0.05, 0.1) is 42.7 Å². The molecule has 12 heteroatoms. The number of fused-ring (bicyclic) bond motifs is 1. The second kappa shape index (κ2) is 12.4. The summed E-state index contributed by atoms with van der Waals surface area (Å²) in [6.07, 6.45) is 4.90. The first-order valence-corrected chi connectivity index (χ1v) is 14.7. The van der Waals surface area contributed by atoms with Gasteiger partial charge >= 0.3 is 0 Å². The van der Waals surface area contributed by atoms with Crippen LogP contribution in [0.15, 0.2) is 46.1 Å². The molecule has 0 fully saturated rings. The van der Waals surface area contributed by atoms with Crippen LogP contribution in [0.4, 0.5) is 5.69 Å². The largest absolute Gasteiger partial charge is 0.493 e. The Labute approximate surface area is 233 Å². The molecule has 0 amide bonds. The molecule has 0 saturated heterocycles. The summed E-state index contributed by atoms with van der Waals surface area (Å²) in [5.41, 5.74) is 1.22. The number of benzene rings is 2. The van der Waals surface area contributed by atoms with Gasteiger partial charge in [-0.2, -0.15) is 0 Å². The normalized spacial score (nSPS) is 11.5. The van der Waals surface area contributed by atoms with E-state index < -0.39 is 10.0 Å². The molecular formula is C28H35N5O6S. The molecule has 2 aromatic carbocycles. The molecule has 2 N–H and O–H groups in total. The molecule has 214 valence electrons. The fourth-order valence-corrected chi connectivity index (χ4v) is 5.56. The molecule has 2 heterocycles. The first kappa shape index (κ1) is 28.9. The van der Waals surface area contributed by atoms with E-state index in [0.717, 1.165) is 25.7 Å². The molecule has 0 unspecified atom stereocenters. The van der Waals surface area contributed by atoms with Gasteiger partial charge in [0.2, 0.25) is 0 Å². The number of imidazole rings is 1. The Bertz CT molecular complexity index is 1660. The van der Waals surface area contributed by atoms with E-state index in [-0.39, 0.29) is 16.3 Å². The number of nitrogens with zero attached hydrogens (tertiary/aromatic N) is 3. The van der Waals surface area contributed by atoms with E-state index in [4.69, 9.17) is 19.3 Å². The summed E-state index contributed by atoms with van der Waals surface area (Å²) in [4.78, 5) is 20.5. The molecule has 0 saturated carbocycles. The first-order valence-electron chi connectivity index (χ1n) is 13.2. The maximum Gasteiger partial charge on any atom is 0.277 e. The Balaban J connectivity index is 1.76. The van der Waals surface area contributed by atoms with Crippen LogP contribution in [0.3, 0.4) is 0 Å². The number of sulfonamides is 1. The van der Waals surface area contributed by atoms with Crippen molar-refractivity contribution < 1.29 is 22.6 Å². The zero-order valence-corrected chi connectivity index (χ0v) is 24.2. The lowest BCUT2D eigenvalue weighted by Crippen LogP contribution is -2.17. The minimum Gasteiger partial charge on any atom is -0.493 e. The quantitative estimate of drug-likeness (QED) is 0.221. The third-order valence-electron chi connectivity index (χ3n) is 6.45. The van der Waals surface area contributed by atoms with Crippen molar-refractivity contribution in [2.24, 2.45) is 0 Å². The molecule has 0 spiro atoms. The van der Waals surface area contributed by atoms with Crippen LogP contribution in [0, 0.1) is 6.92 Å². The van der Waals surface area contributed by atoms with Crippen LogP contribution < -0.4 is 24.5 Å². The van der Waals surface area contributed by atoms with Gasteiger partial charge in [-0.15, -0.1) is 5.10 Å². The Hall–Kier alpha value is -4.06. The van der Waals surface area contributed by atoms with E-state index in [0.29, 0.717) is 58.6 Å². The van der Waals surface area contributed by atoms with Crippen LogP contribution in [0.2, 0.25) is 0 Å². The SMILES string of the molecule is CCCCCCc1nc(C)c2c(=O)[nH]c(-c3cc(S(=O)(=O)Nc4ccc(OC)c(OC)c4)ccc3OCC)nn12. The van der Waals surface area contributed by atoms with Gasteiger partial charge < -0.3 is 19.2 Å². The maximum absolute atomic E-state index is 13.4. The Morgan fingerprint density at radius 3 is 2.42 bits per heavy atom. The number of hydrogen-bond acceptors (Lipinski definition) is 8. The van der Waals surface area contributed by atoms with Crippen molar-refractivity contribution in [1.82, 2.24) is 19.6 Å². The van der Waals surface area contributed by atoms with Crippen LogP contribution >= 0.6 is 0 Å². The van der Waals surface area contributed by atoms with Crippen molar-refractivity contribution in [3.05, 3.63) is 58.3 Å². The van der Waals surface area contributed by atoms with E-state index in [1.54, 1.807) is 29.6 Å². The molecule has 0 aliphatic heterocycles. The molecular weight excluding hydrogens is 534 g/mol. The lowest BCUT2D eigenvalue weighted by molar-refractivity contribution is 0.341. The van der Waals surface area contributed by atoms with Crippen molar-refractivity contribution in [3.8, 4) is 28.6 Å². The second-order valence-electron chi connectivity index (χ2n) is 9.25. The van der Waals surface area contributed by atoms with E-state index in [1.807, 2.05) is 6.92 Å². The number of H-pyrrole nitrogens is 1. The number of ether oxygens (including phenoxy) is 3. The molecule has 4 aromatic rings. The smallest absolute Gasteiger partial charge is 0.277 e. The van der Waals surface area contributed by atoms with Crippen LogP contribution in [0.25, 0.3) is 16.9 Å². The lowest BCUT2D eigenvalue weighted by Gasteiger charge is -2.14. The lowest BCUT2D eigenvalue weighted by atomic mass is 10.1. The molecule has 2 aromatic heterocycles. The van der Waals surface area contributed by atoms with Gasteiger partial charge in [0.15, 0.2) is 22.8 Å². The number of hydrogen-bond donors (Lipinski definition) is 2. The van der Waals surface area contributed by atoms with Gasteiger partial charge in [0.25, 0.3) is 15.6 Å². The van der Waals surface area contributed by atoms with Crippen molar-refractivity contribution in [3.63, 3.8) is 0 Å². The van der Waals surface area contributed by atoms with Crippen molar-refractivity contribution >= 4 is 21.2 Å². The highest BCUT2D eigenvalue weighted by Crippen LogP contribution is 2.33. The average Bonchev–Trinajstić information content (AvgIpc) is 3.26. The van der Waals surface area contributed by atoms with E-state index in [2.05, 4.69) is 21.6 Å². The predicted molar refractivity (Wildman–Crippen MR) is 153 cm³/mol. The number of methoxy groups -OCH3 is 2. The Kier molecular flexibility index (Phi) is 8.98. The van der Waals surface area contributed by atoms with Crippen molar-refractivity contribution in [1.29, 1.82) is 0 Å². The molecule has 0 aliphatic rings. The number of anilines is 1. The molecule has 0 radical (unpaired) electrons. The first-order chi connectivity index (χ1) is 19.2. The fourth-order valence-electron chi connectivity index (χ4n) is 4.49. The molecule has 11 nitrogen and oxygen atoms in total. The highest BCUT2D eigenvalue weighted by molar-refractivity contribution is 7.92. The summed E-state index contributed by atoms with van der Waals surface area (Å²) in [5, 5.41) is 4.69. The third-order valence-corrected chi connectivity index (χ3v) is 7.83. The number of aromatic nitrogens is 4. The summed E-state index contributed by atoms with van der Waals surface area (Å²) in [6, 6.07) is 9.14. The summed E-state index contributed by atoms with van der Waals surface area (Å²) < 4.78 is 47.2. The summed E-state index contributed by atoms with van der Waals surface area (Å²) in [7, 11) is -1.07. The highest BCUT2D eigenvalue weighted by Gasteiger charge is 2.22. The van der Waals surface area contributed by atoms with Gasteiger partial charge in [-0.05, 0) is 50.6 Å². The van der Waals surface area contributed by atoms with E-state index >= 15 is 0 Å². The molecule has 4 rings (SSSR count). The summed E-state index contributed by atoms with van der Waals surface area (Å²) in [5.74, 6) is 2.10. The molecule has 40 heavy (non-hydrogen) atoms. The Morgan fingerprint density at radius 1 is 0.975 bits per heavy atom. The number of aryl methyl sites for hydroxylation is 2. The van der Waals surface area contributed by atoms with Gasteiger partial charge in [-0.25, -0.2) is 17.9 Å². The summed E-state index contributed by atoms with van der Waals surface area (Å²) in [6.45, 7) is 6.08. The maximum atomic E-state index is 13.4. The van der Waals surface area contributed by atoms with Gasteiger partial charge in [-0.1, -0.05) is 26.2 Å². The molecule has 0 atom stereocenters. The minimum absolute atomic E-state index is 0.0370.